The summed E-state index contributed by atoms with van der Waals surface area (Å²) in [5.41, 5.74) is 1.28. The average molecular weight is 317 g/mol. The van der Waals surface area contributed by atoms with Crippen LogP contribution in [-0.2, 0) is 0 Å². The Hall–Kier alpha value is -2.61. The number of anilines is 1. The first-order valence-electron chi connectivity index (χ1n) is 7.17. The number of H-pyrrole nitrogens is 1. The minimum absolute atomic E-state index is 0.202. The van der Waals surface area contributed by atoms with Crippen molar-refractivity contribution in [1.29, 1.82) is 0 Å². The van der Waals surface area contributed by atoms with Crippen molar-refractivity contribution in [2.45, 2.75) is 18.6 Å². The summed E-state index contributed by atoms with van der Waals surface area (Å²) in [5, 5.41) is 10.0. The lowest BCUT2D eigenvalue weighted by Crippen LogP contribution is -2.26. The lowest BCUT2D eigenvalue weighted by Gasteiger charge is -2.26. The number of benzene rings is 1. The Bertz CT molecular complexity index is 868. The smallest absolute Gasteiger partial charge is 0.182 e. The molecule has 1 aliphatic rings. The number of aromatic nitrogens is 4. The number of fused-ring (bicyclic) bond motifs is 1. The van der Waals surface area contributed by atoms with Crippen LogP contribution in [0.4, 0.5) is 14.6 Å². The number of hydrogen-bond donors (Lipinski definition) is 2. The molecule has 1 aliphatic heterocycles. The van der Waals surface area contributed by atoms with E-state index in [0.29, 0.717) is 23.4 Å². The molecule has 0 saturated carbocycles. The van der Waals surface area contributed by atoms with Crippen LogP contribution in [0, 0.1) is 11.6 Å². The molecule has 3 aromatic rings. The summed E-state index contributed by atoms with van der Waals surface area (Å²) < 4.78 is 27.7. The quantitative estimate of drug-likeness (QED) is 0.755. The first-order valence-corrected chi connectivity index (χ1v) is 7.17. The molecular weight excluding hydrogens is 304 g/mol. The van der Waals surface area contributed by atoms with Gasteiger partial charge in [0.1, 0.15) is 23.5 Å². The summed E-state index contributed by atoms with van der Waals surface area (Å²) >= 11 is 0. The third-order valence-corrected chi connectivity index (χ3v) is 4.07. The molecule has 1 fully saturated rings. The summed E-state index contributed by atoms with van der Waals surface area (Å²) in [7, 11) is 0. The fraction of sp³-hybridized carbons (Fsp3) is 0.267. The van der Waals surface area contributed by atoms with Gasteiger partial charge in [-0.2, -0.15) is 0 Å². The largest absolute Gasteiger partial charge is 0.391 e. The maximum absolute atomic E-state index is 14.2. The Morgan fingerprint density at radius 2 is 2.09 bits per heavy atom. The van der Waals surface area contributed by atoms with Crippen LogP contribution in [0.25, 0.3) is 11.2 Å². The number of nitrogens with zero attached hydrogens (tertiary/aromatic N) is 4. The molecule has 1 saturated heterocycles. The lowest BCUT2D eigenvalue weighted by atomic mass is 10.0. The van der Waals surface area contributed by atoms with Crippen molar-refractivity contribution in [2.75, 3.05) is 11.4 Å². The zero-order chi connectivity index (χ0) is 16.0. The van der Waals surface area contributed by atoms with Crippen molar-refractivity contribution in [3.63, 3.8) is 0 Å². The Kier molecular flexibility index (Phi) is 3.19. The van der Waals surface area contributed by atoms with Crippen molar-refractivity contribution < 1.29 is 13.9 Å². The molecule has 0 bridgehead atoms. The van der Waals surface area contributed by atoms with E-state index in [9.17, 15) is 13.9 Å². The van der Waals surface area contributed by atoms with Crippen molar-refractivity contribution in [1.82, 2.24) is 19.9 Å². The van der Waals surface area contributed by atoms with E-state index in [1.807, 2.05) is 0 Å². The molecule has 3 heterocycles. The van der Waals surface area contributed by atoms with Gasteiger partial charge in [-0.05, 0) is 24.6 Å². The highest BCUT2D eigenvalue weighted by atomic mass is 19.1. The lowest BCUT2D eigenvalue weighted by molar-refractivity contribution is 0.194. The second kappa shape index (κ2) is 5.24. The molecule has 6 nitrogen and oxygen atoms in total. The van der Waals surface area contributed by atoms with Crippen LogP contribution < -0.4 is 4.90 Å². The molecule has 23 heavy (non-hydrogen) atoms. The first kappa shape index (κ1) is 14.0. The van der Waals surface area contributed by atoms with Crippen LogP contribution in [0.5, 0.6) is 0 Å². The monoisotopic (exact) mass is 317 g/mol. The third kappa shape index (κ3) is 2.31. The number of nitrogens with one attached hydrogen (secondary N) is 1. The fourth-order valence-corrected chi connectivity index (χ4v) is 3.08. The zero-order valence-electron chi connectivity index (χ0n) is 11.9. The Morgan fingerprint density at radius 3 is 2.96 bits per heavy atom. The van der Waals surface area contributed by atoms with Gasteiger partial charge in [-0.1, -0.05) is 0 Å². The van der Waals surface area contributed by atoms with Crippen LogP contribution in [0.1, 0.15) is 18.0 Å². The number of hydrogen-bond acceptors (Lipinski definition) is 5. The summed E-state index contributed by atoms with van der Waals surface area (Å²) in [5.74, 6) is -0.514. The average Bonchev–Trinajstić information content (AvgIpc) is 3.15. The van der Waals surface area contributed by atoms with Gasteiger partial charge in [0.05, 0.1) is 18.5 Å². The summed E-state index contributed by atoms with van der Waals surface area (Å²) in [6.45, 7) is 0.270. The maximum Gasteiger partial charge on any atom is 0.182 e. The predicted molar refractivity (Wildman–Crippen MR) is 78.8 cm³/mol. The van der Waals surface area contributed by atoms with E-state index < -0.39 is 23.8 Å². The fourth-order valence-electron chi connectivity index (χ4n) is 3.08. The number of aliphatic hydroxyl groups excluding tert-OH is 1. The van der Waals surface area contributed by atoms with Crippen molar-refractivity contribution in [2.24, 2.45) is 0 Å². The van der Waals surface area contributed by atoms with E-state index in [4.69, 9.17) is 0 Å². The Labute approximate surface area is 129 Å². The van der Waals surface area contributed by atoms with Gasteiger partial charge < -0.3 is 15.0 Å². The first-order chi connectivity index (χ1) is 11.1. The summed E-state index contributed by atoms with van der Waals surface area (Å²) in [6.07, 6.45) is 2.49. The van der Waals surface area contributed by atoms with Crippen LogP contribution >= 0.6 is 0 Å². The van der Waals surface area contributed by atoms with Gasteiger partial charge in [0, 0.05) is 12.1 Å². The highest BCUT2D eigenvalue weighted by Crippen LogP contribution is 2.38. The normalized spacial score (nSPS) is 21.3. The van der Waals surface area contributed by atoms with E-state index in [1.165, 1.54) is 12.7 Å². The SMILES string of the molecule is OC1CC(c2cc(F)ccc2F)N(c2ncnc3nc[nH]c23)C1. The molecule has 4 rings (SSSR count). The third-order valence-electron chi connectivity index (χ3n) is 4.07. The van der Waals surface area contributed by atoms with Gasteiger partial charge in [0.2, 0.25) is 0 Å². The number of β-amino-alcohol motifs (C(OH)–C–C–N with tert-alkyl or cyclic N) is 1. The van der Waals surface area contributed by atoms with Gasteiger partial charge in [0.15, 0.2) is 11.5 Å². The minimum Gasteiger partial charge on any atom is -0.391 e. The highest BCUT2D eigenvalue weighted by Gasteiger charge is 2.36. The van der Waals surface area contributed by atoms with Gasteiger partial charge in [-0.3, -0.25) is 0 Å². The molecule has 0 aliphatic carbocycles. The molecule has 0 amide bonds. The Balaban J connectivity index is 1.83. The van der Waals surface area contributed by atoms with Crippen molar-refractivity contribution in [3.05, 3.63) is 48.1 Å². The van der Waals surface area contributed by atoms with E-state index in [-0.39, 0.29) is 12.1 Å². The van der Waals surface area contributed by atoms with E-state index >= 15 is 0 Å². The van der Waals surface area contributed by atoms with Gasteiger partial charge in [-0.15, -0.1) is 0 Å². The molecule has 0 radical (unpaired) electrons. The standard InChI is InChI=1S/C15H13F2N5O/c16-8-1-2-11(17)10(3-8)12-4-9(23)5-22(12)15-13-14(19-6-18-13)20-7-21-15/h1-3,6-7,9,12,23H,4-5H2,(H,18,19,20,21). The molecule has 118 valence electrons. The van der Waals surface area contributed by atoms with E-state index in [1.54, 1.807) is 4.90 Å². The molecule has 2 unspecified atom stereocenters. The second-order valence-electron chi connectivity index (χ2n) is 5.52. The van der Waals surface area contributed by atoms with Crippen LogP contribution in [0.15, 0.2) is 30.9 Å². The minimum atomic E-state index is -0.657. The number of aromatic amines is 1. The number of imidazole rings is 1. The highest BCUT2D eigenvalue weighted by molar-refractivity contribution is 5.83. The van der Waals surface area contributed by atoms with E-state index in [2.05, 4.69) is 19.9 Å². The molecular formula is C15H13F2N5O. The van der Waals surface area contributed by atoms with Gasteiger partial charge in [-0.25, -0.2) is 23.7 Å². The Morgan fingerprint density at radius 1 is 1.22 bits per heavy atom. The van der Waals surface area contributed by atoms with Gasteiger partial charge >= 0.3 is 0 Å². The van der Waals surface area contributed by atoms with E-state index in [0.717, 1.165) is 18.2 Å². The van der Waals surface area contributed by atoms with Crippen molar-refractivity contribution >= 4 is 17.0 Å². The second-order valence-corrected chi connectivity index (χ2v) is 5.52. The predicted octanol–water partition coefficient (Wildman–Crippen LogP) is 1.94. The zero-order valence-corrected chi connectivity index (χ0v) is 11.9. The molecule has 2 aromatic heterocycles. The molecule has 8 heteroatoms. The molecule has 2 atom stereocenters. The summed E-state index contributed by atoms with van der Waals surface area (Å²) in [4.78, 5) is 17.1. The summed E-state index contributed by atoms with van der Waals surface area (Å²) in [6, 6.07) is 2.82. The molecule has 0 spiro atoms. The van der Waals surface area contributed by atoms with Crippen LogP contribution in [0.2, 0.25) is 0 Å². The number of rotatable bonds is 2. The maximum atomic E-state index is 14.2. The van der Waals surface area contributed by atoms with Crippen molar-refractivity contribution in [3.8, 4) is 0 Å². The number of aliphatic hydroxyl groups is 1. The topological polar surface area (TPSA) is 77.9 Å². The molecule has 2 N–H and O–H groups in total. The number of halogens is 2. The van der Waals surface area contributed by atoms with Gasteiger partial charge in [0.25, 0.3) is 0 Å². The molecule has 1 aromatic carbocycles. The van der Waals surface area contributed by atoms with Crippen LogP contribution in [-0.4, -0.2) is 37.7 Å². The van der Waals surface area contributed by atoms with Crippen LogP contribution in [0.3, 0.4) is 0 Å².